The number of aliphatic hydroxyl groups excluding tert-OH is 1. The van der Waals surface area contributed by atoms with Gasteiger partial charge < -0.3 is 15.2 Å². The molecule has 4 heteroatoms. The molecule has 2 aliphatic carbocycles. The standard InChI is InChI=1S/C17H24FNO2/c18-14-3-7-16(8-4-14)21-11-9-13-2-1-10-17(13,12-20)19-15-5-6-15/h3-4,7-8,13,15,19-20H,1-2,5-6,9-12H2. The molecule has 1 aromatic carbocycles. The third-order valence-electron chi connectivity index (χ3n) is 4.86. The van der Waals surface area contributed by atoms with E-state index in [1.54, 1.807) is 12.1 Å². The summed E-state index contributed by atoms with van der Waals surface area (Å²) in [6.07, 6.45) is 6.77. The van der Waals surface area contributed by atoms with Crippen molar-refractivity contribution < 1.29 is 14.2 Å². The summed E-state index contributed by atoms with van der Waals surface area (Å²) in [7, 11) is 0. The van der Waals surface area contributed by atoms with Crippen molar-refractivity contribution in [3.63, 3.8) is 0 Å². The predicted octanol–water partition coefficient (Wildman–Crippen LogP) is 2.88. The largest absolute Gasteiger partial charge is 0.494 e. The molecule has 2 N–H and O–H groups in total. The average Bonchev–Trinajstić information content (AvgIpc) is 3.21. The van der Waals surface area contributed by atoms with Crippen LogP contribution in [0, 0.1) is 11.7 Å². The molecule has 2 unspecified atom stereocenters. The van der Waals surface area contributed by atoms with Gasteiger partial charge in [-0.3, -0.25) is 0 Å². The highest BCUT2D eigenvalue weighted by atomic mass is 19.1. The molecule has 0 saturated heterocycles. The number of ether oxygens (including phenoxy) is 1. The topological polar surface area (TPSA) is 41.5 Å². The number of benzene rings is 1. The number of aliphatic hydroxyl groups is 1. The van der Waals surface area contributed by atoms with Gasteiger partial charge in [0.15, 0.2) is 0 Å². The van der Waals surface area contributed by atoms with Gasteiger partial charge in [-0.15, -0.1) is 0 Å². The third kappa shape index (κ3) is 3.55. The first kappa shape index (κ1) is 14.8. The maximum Gasteiger partial charge on any atom is 0.123 e. The molecular formula is C17H24FNO2. The van der Waals surface area contributed by atoms with Gasteiger partial charge in [0.2, 0.25) is 0 Å². The maximum atomic E-state index is 12.8. The van der Waals surface area contributed by atoms with Crippen LogP contribution in [0.25, 0.3) is 0 Å². The Kier molecular flexibility index (Phi) is 4.45. The van der Waals surface area contributed by atoms with Crippen molar-refractivity contribution in [2.24, 2.45) is 5.92 Å². The Labute approximate surface area is 125 Å². The molecule has 0 amide bonds. The summed E-state index contributed by atoms with van der Waals surface area (Å²) >= 11 is 0. The van der Waals surface area contributed by atoms with E-state index < -0.39 is 0 Å². The van der Waals surface area contributed by atoms with E-state index in [-0.39, 0.29) is 18.0 Å². The zero-order chi connectivity index (χ0) is 14.7. The molecule has 116 valence electrons. The number of halogens is 1. The number of rotatable bonds is 7. The Bertz CT molecular complexity index is 460. The summed E-state index contributed by atoms with van der Waals surface area (Å²) in [6, 6.07) is 6.75. The first-order chi connectivity index (χ1) is 10.2. The summed E-state index contributed by atoms with van der Waals surface area (Å²) < 4.78 is 18.5. The van der Waals surface area contributed by atoms with Crippen molar-refractivity contribution in [3.8, 4) is 5.75 Å². The summed E-state index contributed by atoms with van der Waals surface area (Å²) in [6.45, 7) is 0.828. The second kappa shape index (κ2) is 6.32. The zero-order valence-corrected chi connectivity index (χ0v) is 12.4. The molecule has 3 nitrogen and oxygen atoms in total. The first-order valence-corrected chi connectivity index (χ1v) is 7.99. The van der Waals surface area contributed by atoms with Gasteiger partial charge >= 0.3 is 0 Å². The van der Waals surface area contributed by atoms with Gasteiger partial charge in [0.05, 0.1) is 13.2 Å². The molecule has 0 aliphatic heterocycles. The van der Waals surface area contributed by atoms with E-state index in [4.69, 9.17) is 4.74 Å². The summed E-state index contributed by atoms with van der Waals surface area (Å²) in [5, 5.41) is 13.5. The number of hydrogen-bond acceptors (Lipinski definition) is 3. The molecule has 2 atom stereocenters. The number of hydrogen-bond donors (Lipinski definition) is 2. The summed E-state index contributed by atoms with van der Waals surface area (Å²) in [5.74, 6) is 0.925. The summed E-state index contributed by atoms with van der Waals surface area (Å²) in [5.41, 5.74) is -0.104. The van der Waals surface area contributed by atoms with Crippen LogP contribution in [0.2, 0.25) is 0 Å². The normalized spacial score (nSPS) is 28.8. The molecule has 0 radical (unpaired) electrons. The Morgan fingerprint density at radius 1 is 1.24 bits per heavy atom. The first-order valence-electron chi connectivity index (χ1n) is 7.99. The van der Waals surface area contributed by atoms with Gasteiger partial charge in [-0.25, -0.2) is 4.39 Å². The zero-order valence-electron chi connectivity index (χ0n) is 12.4. The van der Waals surface area contributed by atoms with Gasteiger partial charge in [0, 0.05) is 11.6 Å². The van der Waals surface area contributed by atoms with Crippen LogP contribution < -0.4 is 10.1 Å². The van der Waals surface area contributed by atoms with Gasteiger partial charge in [-0.05, 0) is 62.3 Å². The molecule has 21 heavy (non-hydrogen) atoms. The lowest BCUT2D eigenvalue weighted by atomic mass is 9.85. The molecular weight excluding hydrogens is 269 g/mol. The molecule has 2 aliphatic rings. The van der Waals surface area contributed by atoms with Crippen molar-refractivity contribution >= 4 is 0 Å². The highest BCUT2D eigenvalue weighted by Crippen LogP contribution is 2.40. The molecule has 2 fully saturated rings. The van der Waals surface area contributed by atoms with E-state index in [1.165, 1.54) is 31.4 Å². The number of nitrogens with one attached hydrogen (secondary N) is 1. The van der Waals surface area contributed by atoms with E-state index >= 15 is 0 Å². The van der Waals surface area contributed by atoms with Gasteiger partial charge in [0.1, 0.15) is 11.6 Å². The SMILES string of the molecule is OCC1(NC2CC2)CCCC1CCOc1ccc(F)cc1. The Balaban J connectivity index is 1.52. The van der Waals surface area contributed by atoms with Crippen LogP contribution in [0.15, 0.2) is 24.3 Å². The van der Waals surface area contributed by atoms with Gasteiger partial charge in [-0.2, -0.15) is 0 Å². The van der Waals surface area contributed by atoms with Crippen molar-refractivity contribution in [1.82, 2.24) is 5.32 Å². The fourth-order valence-corrected chi connectivity index (χ4v) is 3.49. The second-order valence-corrected chi connectivity index (χ2v) is 6.41. The molecule has 0 aromatic heterocycles. The van der Waals surface area contributed by atoms with Crippen LogP contribution in [0.3, 0.4) is 0 Å². The predicted molar refractivity (Wildman–Crippen MR) is 79.8 cm³/mol. The van der Waals surface area contributed by atoms with Crippen molar-refractivity contribution in [3.05, 3.63) is 30.1 Å². The molecule has 0 bridgehead atoms. The van der Waals surface area contributed by atoms with E-state index in [2.05, 4.69) is 5.32 Å². The quantitative estimate of drug-likeness (QED) is 0.812. The lowest BCUT2D eigenvalue weighted by molar-refractivity contribution is 0.108. The minimum Gasteiger partial charge on any atom is -0.494 e. The van der Waals surface area contributed by atoms with Crippen molar-refractivity contribution in [1.29, 1.82) is 0 Å². The van der Waals surface area contributed by atoms with Crippen LogP contribution in [-0.4, -0.2) is 29.9 Å². The Morgan fingerprint density at radius 2 is 2.00 bits per heavy atom. The molecule has 3 rings (SSSR count). The lowest BCUT2D eigenvalue weighted by Gasteiger charge is -2.35. The van der Waals surface area contributed by atoms with Crippen LogP contribution in [0.5, 0.6) is 5.75 Å². The lowest BCUT2D eigenvalue weighted by Crippen LogP contribution is -2.52. The highest BCUT2D eigenvalue weighted by molar-refractivity contribution is 5.22. The third-order valence-corrected chi connectivity index (χ3v) is 4.86. The maximum absolute atomic E-state index is 12.8. The summed E-state index contributed by atoms with van der Waals surface area (Å²) in [4.78, 5) is 0. The molecule has 2 saturated carbocycles. The van der Waals surface area contributed by atoms with Gasteiger partial charge in [-0.1, -0.05) is 6.42 Å². The molecule has 0 spiro atoms. The molecule has 0 heterocycles. The van der Waals surface area contributed by atoms with E-state index in [0.717, 1.165) is 19.3 Å². The second-order valence-electron chi connectivity index (χ2n) is 6.41. The minimum atomic E-state index is -0.244. The molecule has 1 aromatic rings. The fourth-order valence-electron chi connectivity index (χ4n) is 3.49. The van der Waals surface area contributed by atoms with Crippen molar-refractivity contribution in [2.75, 3.05) is 13.2 Å². The van der Waals surface area contributed by atoms with Crippen molar-refractivity contribution in [2.45, 2.75) is 50.1 Å². The average molecular weight is 293 g/mol. The smallest absolute Gasteiger partial charge is 0.123 e. The minimum absolute atomic E-state index is 0.104. The van der Waals surface area contributed by atoms with E-state index in [1.807, 2.05) is 0 Å². The van der Waals surface area contributed by atoms with Crippen LogP contribution in [-0.2, 0) is 0 Å². The van der Waals surface area contributed by atoms with Crippen LogP contribution in [0.1, 0.15) is 38.5 Å². The Hall–Kier alpha value is -1.13. The van der Waals surface area contributed by atoms with E-state index in [0.29, 0.717) is 24.3 Å². The monoisotopic (exact) mass is 293 g/mol. The van der Waals surface area contributed by atoms with E-state index in [9.17, 15) is 9.50 Å². The van der Waals surface area contributed by atoms with Crippen LogP contribution in [0.4, 0.5) is 4.39 Å². The van der Waals surface area contributed by atoms with Crippen LogP contribution >= 0.6 is 0 Å². The van der Waals surface area contributed by atoms with Gasteiger partial charge in [0.25, 0.3) is 0 Å². The Morgan fingerprint density at radius 3 is 2.67 bits per heavy atom. The fraction of sp³-hybridized carbons (Fsp3) is 0.647. The highest BCUT2D eigenvalue weighted by Gasteiger charge is 2.44.